The molecule has 1 aliphatic heterocycles. The smallest absolute Gasteiger partial charge is 0.137 e. The molecule has 1 aliphatic rings. The number of benzene rings is 2. The Bertz CT molecular complexity index is 876. The minimum atomic E-state index is -0.173. The molecule has 0 aliphatic carbocycles. The van der Waals surface area contributed by atoms with Crippen molar-refractivity contribution in [2.45, 2.75) is 23.8 Å². The number of rotatable bonds is 4. The molecule has 3 aromatic rings. The lowest BCUT2D eigenvalue weighted by Crippen LogP contribution is -2.31. The van der Waals surface area contributed by atoms with Gasteiger partial charge in [-0.2, -0.15) is 0 Å². The second-order valence-corrected chi connectivity index (χ2v) is 7.95. The Kier molecular flexibility index (Phi) is 5.31. The SMILES string of the molecule is OC1CCN(Sc2cc(-c3ncc(-c4ccccc4)[nH]3)ccc2Cl)CC1. The van der Waals surface area contributed by atoms with E-state index in [0.717, 1.165) is 58.5 Å². The van der Waals surface area contributed by atoms with Crippen molar-refractivity contribution >= 4 is 23.5 Å². The molecule has 1 aromatic heterocycles. The van der Waals surface area contributed by atoms with Gasteiger partial charge in [-0.15, -0.1) is 0 Å². The molecule has 0 unspecified atom stereocenters. The number of hydrogen-bond donors (Lipinski definition) is 2. The summed E-state index contributed by atoms with van der Waals surface area (Å²) in [6, 6.07) is 16.1. The van der Waals surface area contributed by atoms with Gasteiger partial charge in [0.1, 0.15) is 5.82 Å². The van der Waals surface area contributed by atoms with Crippen molar-refractivity contribution in [3.05, 3.63) is 59.8 Å². The number of nitrogens with zero attached hydrogens (tertiary/aromatic N) is 2. The van der Waals surface area contributed by atoms with Gasteiger partial charge in [-0.25, -0.2) is 9.29 Å². The molecule has 134 valence electrons. The first-order chi connectivity index (χ1) is 12.7. The van der Waals surface area contributed by atoms with Crippen LogP contribution in [0.4, 0.5) is 0 Å². The van der Waals surface area contributed by atoms with Crippen LogP contribution >= 0.6 is 23.5 Å². The molecule has 4 rings (SSSR count). The van der Waals surface area contributed by atoms with Crippen molar-refractivity contribution in [3.63, 3.8) is 0 Å². The lowest BCUT2D eigenvalue weighted by atomic mass is 10.1. The number of nitrogens with one attached hydrogen (secondary N) is 1. The molecule has 2 N–H and O–H groups in total. The van der Waals surface area contributed by atoms with Crippen LogP contribution in [0.1, 0.15) is 12.8 Å². The van der Waals surface area contributed by atoms with Crippen LogP contribution in [-0.2, 0) is 0 Å². The largest absolute Gasteiger partial charge is 0.393 e. The molecule has 0 saturated carbocycles. The molecule has 1 fully saturated rings. The van der Waals surface area contributed by atoms with Crippen LogP contribution in [0.5, 0.6) is 0 Å². The maximum atomic E-state index is 9.66. The van der Waals surface area contributed by atoms with Crippen LogP contribution in [0, 0.1) is 0 Å². The number of H-pyrrole nitrogens is 1. The van der Waals surface area contributed by atoms with Gasteiger partial charge >= 0.3 is 0 Å². The van der Waals surface area contributed by atoms with Gasteiger partial charge in [0.25, 0.3) is 0 Å². The van der Waals surface area contributed by atoms with E-state index in [0.29, 0.717) is 0 Å². The van der Waals surface area contributed by atoms with Gasteiger partial charge in [0.2, 0.25) is 0 Å². The fraction of sp³-hybridized carbons (Fsp3) is 0.250. The van der Waals surface area contributed by atoms with E-state index in [1.54, 1.807) is 11.9 Å². The summed E-state index contributed by atoms with van der Waals surface area (Å²) in [6.07, 6.45) is 3.30. The second-order valence-electron chi connectivity index (χ2n) is 6.41. The second kappa shape index (κ2) is 7.84. The third-order valence-electron chi connectivity index (χ3n) is 4.52. The minimum Gasteiger partial charge on any atom is -0.393 e. The highest BCUT2D eigenvalue weighted by atomic mass is 35.5. The van der Waals surface area contributed by atoms with Gasteiger partial charge in [0.15, 0.2) is 0 Å². The summed E-state index contributed by atoms with van der Waals surface area (Å²) in [5, 5.41) is 10.4. The molecule has 0 amide bonds. The number of aromatic amines is 1. The van der Waals surface area contributed by atoms with E-state index >= 15 is 0 Å². The highest BCUT2D eigenvalue weighted by Crippen LogP contribution is 2.35. The first-order valence-corrected chi connectivity index (χ1v) is 9.85. The van der Waals surface area contributed by atoms with Gasteiger partial charge in [-0.05, 0) is 48.6 Å². The fourth-order valence-corrected chi connectivity index (χ4v) is 4.25. The molecule has 2 aromatic carbocycles. The molecule has 4 nitrogen and oxygen atoms in total. The van der Waals surface area contributed by atoms with E-state index in [4.69, 9.17) is 11.6 Å². The molecule has 0 bridgehead atoms. The Labute approximate surface area is 162 Å². The van der Waals surface area contributed by atoms with Crippen molar-refractivity contribution < 1.29 is 5.11 Å². The van der Waals surface area contributed by atoms with Crippen molar-refractivity contribution in [1.82, 2.24) is 14.3 Å². The summed E-state index contributed by atoms with van der Waals surface area (Å²) < 4.78 is 2.26. The Hall–Kier alpha value is -1.79. The zero-order valence-corrected chi connectivity index (χ0v) is 15.8. The van der Waals surface area contributed by atoms with E-state index in [2.05, 4.69) is 32.5 Å². The number of halogens is 1. The molecule has 26 heavy (non-hydrogen) atoms. The molecule has 0 spiro atoms. The molecule has 1 saturated heterocycles. The number of aliphatic hydroxyl groups is 1. The third kappa shape index (κ3) is 3.96. The number of aromatic nitrogens is 2. The molecular formula is C20H20ClN3OS. The van der Waals surface area contributed by atoms with Crippen molar-refractivity contribution in [3.8, 4) is 22.6 Å². The van der Waals surface area contributed by atoms with E-state index < -0.39 is 0 Å². The van der Waals surface area contributed by atoms with Crippen LogP contribution in [0.25, 0.3) is 22.6 Å². The Morgan fingerprint density at radius 3 is 2.62 bits per heavy atom. The zero-order chi connectivity index (χ0) is 17.9. The first kappa shape index (κ1) is 17.6. The normalized spacial score (nSPS) is 16.1. The van der Waals surface area contributed by atoms with Crippen molar-refractivity contribution in [2.24, 2.45) is 0 Å². The van der Waals surface area contributed by atoms with Crippen molar-refractivity contribution in [2.75, 3.05) is 13.1 Å². The van der Waals surface area contributed by atoms with Gasteiger partial charge in [-0.1, -0.05) is 41.9 Å². The Morgan fingerprint density at radius 1 is 1.08 bits per heavy atom. The molecule has 6 heteroatoms. The highest BCUT2D eigenvalue weighted by Gasteiger charge is 2.19. The average Bonchev–Trinajstić information content (AvgIpc) is 3.16. The van der Waals surface area contributed by atoms with E-state index in [9.17, 15) is 5.11 Å². The molecule has 2 heterocycles. The number of piperidine rings is 1. The topological polar surface area (TPSA) is 52.1 Å². The Balaban J connectivity index is 1.55. The maximum Gasteiger partial charge on any atom is 0.137 e. The summed E-state index contributed by atoms with van der Waals surface area (Å²) in [5.41, 5.74) is 3.12. The van der Waals surface area contributed by atoms with E-state index in [1.165, 1.54) is 0 Å². The minimum absolute atomic E-state index is 0.173. The lowest BCUT2D eigenvalue weighted by Gasteiger charge is -2.28. The molecule has 0 atom stereocenters. The summed E-state index contributed by atoms with van der Waals surface area (Å²) in [6.45, 7) is 1.73. The number of imidazole rings is 1. The summed E-state index contributed by atoms with van der Waals surface area (Å²) >= 11 is 8.06. The van der Waals surface area contributed by atoms with Crippen LogP contribution in [0.2, 0.25) is 5.02 Å². The highest BCUT2D eigenvalue weighted by molar-refractivity contribution is 7.97. The Morgan fingerprint density at radius 2 is 1.85 bits per heavy atom. The number of hydrogen-bond acceptors (Lipinski definition) is 4. The molecule has 0 radical (unpaired) electrons. The van der Waals surface area contributed by atoms with Crippen LogP contribution < -0.4 is 0 Å². The van der Waals surface area contributed by atoms with Gasteiger partial charge in [0, 0.05) is 23.5 Å². The average molecular weight is 386 g/mol. The quantitative estimate of drug-likeness (QED) is 0.629. The number of aliphatic hydroxyl groups excluding tert-OH is 1. The van der Waals surface area contributed by atoms with E-state index in [-0.39, 0.29) is 6.10 Å². The predicted octanol–water partition coefficient (Wildman–Crippen LogP) is 4.86. The van der Waals surface area contributed by atoms with Gasteiger partial charge in [-0.3, -0.25) is 0 Å². The monoisotopic (exact) mass is 385 g/mol. The maximum absolute atomic E-state index is 9.66. The van der Waals surface area contributed by atoms with E-state index in [1.807, 2.05) is 36.5 Å². The van der Waals surface area contributed by atoms with Crippen LogP contribution in [-0.4, -0.2) is 38.6 Å². The molecular weight excluding hydrogens is 366 g/mol. The van der Waals surface area contributed by atoms with Crippen LogP contribution in [0.15, 0.2) is 59.6 Å². The van der Waals surface area contributed by atoms with Gasteiger partial charge < -0.3 is 10.1 Å². The first-order valence-electron chi connectivity index (χ1n) is 8.70. The van der Waals surface area contributed by atoms with Crippen LogP contribution in [0.3, 0.4) is 0 Å². The lowest BCUT2D eigenvalue weighted by molar-refractivity contribution is 0.116. The summed E-state index contributed by atoms with van der Waals surface area (Å²) in [4.78, 5) is 8.94. The zero-order valence-electron chi connectivity index (χ0n) is 14.2. The summed E-state index contributed by atoms with van der Waals surface area (Å²) in [5.74, 6) is 0.830. The van der Waals surface area contributed by atoms with Crippen molar-refractivity contribution in [1.29, 1.82) is 0 Å². The standard InChI is InChI=1S/C20H20ClN3OS/c21-17-7-6-15(12-19(17)26-24-10-8-16(25)9-11-24)20-22-13-18(23-20)14-4-2-1-3-5-14/h1-7,12-13,16,25H,8-11H2,(H,22,23). The van der Waals surface area contributed by atoms with Gasteiger partial charge in [0.05, 0.1) is 23.0 Å². The fourth-order valence-electron chi connectivity index (χ4n) is 3.03. The predicted molar refractivity (Wildman–Crippen MR) is 107 cm³/mol. The summed E-state index contributed by atoms with van der Waals surface area (Å²) in [7, 11) is 0. The third-order valence-corrected chi connectivity index (χ3v) is 6.12.